The molecule has 0 radical (unpaired) electrons. The Kier molecular flexibility index (Phi) is 5.22. The molecule has 0 aliphatic rings. The topological polar surface area (TPSA) is 38.0 Å². The molecule has 0 aliphatic carbocycles. The summed E-state index contributed by atoms with van der Waals surface area (Å²) in [5, 5.41) is 14.1. The summed E-state index contributed by atoms with van der Waals surface area (Å²) >= 11 is 0. The first-order valence-electron chi connectivity index (χ1n) is 13.8. The van der Waals surface area contributed by atoms with Gasteiger partial charge in [-0.1, -0.05) is 84.9 Å². The van der Waals surface area contributed by atoms with Crippen LogP contribution in [0.2, 0.25) is 0 Å². The van der Waals surface area contributed by atoms with Crippen molar-refractivity contribution in [1.82, 2.24) is 9.13 Å². The van der Waals surface area contributed by atoms with Crippen molar-refractivity contribution in [2.24, 2.45) is 0 Å². The molecule has 8 rings (SSSR count). The summed E-state index contributed by atoms with van der Waals surface area (Å²) in [6.07, 6.45) is 0. The van der Waals surface area contributed by atoms with Gasteiger partial charge in [-0.2, -0.15) is 5.26 Å². The molecule has 2 heterocycles. The Balaban J connectivity index is 1.52. The second-order valence-corrected chi connectivity index (χ2v) is 10.4. The van der Waals surface area contributed by atoms with Crippen LogP contribution in [-0.4, -0.2) is 9.13 Å². The number of aromatic nitrogens is 2. The van der Waals surface area contributed by atoms with Crippen LogP contribution in [0.4, 0.5) is 5.69 Å². The van der Waals surface area contributed by atoms with Gasteiger partial charge in [0.2, 0.25) is 5.69 Å². The van der Waals surface area contributed by atoms with Crippen LogP contribution in [0.25, 0.3) is 71.0 Å². The van der Waals surface area contributed by atoms with Crippen molar-refractivity contribution >= 4 is 49.3 Å². The molecule has 0 spiro atoms. The lowest BCUT2D eigenvalue weighted by atomic mass is 9.97. The molecule has 0 saturated heterocycles. The third kappa shape index (κ3) is 3.33. The van der Waals surface area contributed by atoms with Crippen LogP contribution < -0.4 is 0 Å². The van der Waals surface area contributed by atoms with Crippen molar-refractivity contribution < 1.29 is 0 Å². The van der Waals surface area contributed by atoms with Gasteiger partial charge in [0.05, 0.1) is 46.0 Å². The maximum absolute atomic E-state index is 9.42. The van der Waals surface area contributed by atoms with E-state index in [2.05, 4.69) is 105 Å². The van der Waals surface area contributed by atoms with E-state index in [9.17, 15) is 5.26 Å². The largest absolute Gasteiger partial charge is 0.319 e. The number of fused-ring (bicyclic) bond motifs is 6. The van der Waals surface area contributed by atoms with Crippen LogP contribution in [0.15, 0.2) is 133 Å². The monoisotopic (exact) mass is 534 g/mol. The molecule has 0 N–H and O–H groups in total. The van der Waals surface area contributed by atoms with E-state index in [1.54, 1.807) is 0 Å². The molecule has 0 amide bonds. The summed E-state index contributed by atoms with van der Waals surface area (Å²) < 4.78 is 4.53. The van der Waals surface area contributed by atoms with Gasteiger partial charge < -0.3 is 9.13 Å². The Morgan fingerprint density at radius 3 is 1.95 bits per heavy atom. The van der Waals surface area contributed by atoms with Crippen LogP contribution in [0.1, 0.15) is 5.56 Å². The number of para-hydroxylation sites is 5. The Labute approximate surface area is 242 Å². The van der Waals surface area contributed by atoms with Crippen molar-refractivity contribution in [3.8, 4) is 28.6 Å². The van der Waals surface area contributed by atoms with E-state index in [0.29, 0.717) is 11.3 Å². The van der Waals surface area contributed by atoms with Crippen LogP contribution in [0.3, 0.4) is 0 Å². The molecule has 0 bridgehead atoms. The molecule has 0 aliphatic heterocycles. The van der Waals surface area contributed by atoms with E-state index in [-0.39, 0.29) is 0 Å². The molecule has 0 fully saturated rings. The molecule has 0 saturated carbocycles. The fourth-order valence-corrected chi connectivity index (χ4v) is 6.44. The standard InChI is InChI=1S/C38H22N4/c1-40-32-15-4-7-18-35(32)42-34-17-6-3-11-31(34)37-28(12-9-19-36(37)42)30-14-8-13-29-27-10-2-5-16-33(27)41(38(29)30)26-22-20-25(24-39)21-23-26/h2-23H. The molecular formula is C38H22N4. The molecule has 0 unspecified atom stereocenters. The Morgan fingerprint density at radius 1 is 0.548 bits per heavy atom. The predicted molar refractivity (Wildman–Crippen MR) is 172 cm³/mol. The molecule has 194 valence electrons. The number of benzene rings is 6. The van der Waals surface area contributed by atoms with Crippen LogP contribution in [0.5, 0.6) is 0 Å². The molecule has 42 heavy (non-hydrogen) atoms. The number of nitriles is 1. The summed E-state index contributed by atoms with van der Waals surface area (Å²) in [6.45, 7) is 7.85. The number of hydrogen-bond donors (Lipinski definition) is 0. The minimum Gasteiger partial charge on any atom is -0.319 e. The fourth-order valence-electron chi connectivity index (χ4n) is 6.44. The third-order valence-corrected chi connectivity index (χ3v) is 8.18. The van der Waals surface area contributed by atoms with E-state index >= 15 is 0 Å². The van der Waals surface area contributed by atoms with Crippen molar-refractivity contribution in [2.75, 3.05) is 0 Å². The second kappa shape index (κ2) is 9.24. The first-order chi connectivity index (χ1) is 20.8. The third-order valence-electron chi connectivity index (χ3n) is 8.18. The van der Waals surface area contributed by atoms with E-state index in [0.717, 1.165) is 55.3 Å². The quantitative estimate of drug-likeness (QED) is 0.208. The average Bonchev–Trinajstić information content (AvgIpc) is 3.58. The zero-order valence-electron chi connectivity index (χ0n) is 22.5. The van der Waals surface area contributed by atoms with Crippen LogP contribution >= 0.6 is 0 Å². The minimum atomic E-state index is 0.619. The predicted octanol–water partition coefficient (Wildman–Crippen LogP) is 9.97. The number of rotatable bonds is 3. The van der Waals surface area contributed by atoms with Gasteiger partial charge in [-0.3, -0.25) is 0 Å². The summed E-state index contributed by atoms with van der Waals surface area (Å²) in [6, 6.07) is 47.8. The van der Waals surface area contributed by atoms with Crippen molar-refractivity contribution in [3.05, 3.63) is 150 Å². The van der Waals surface area contributed by atoms with Gasteiger partial charge in [0, 0.05) is 32.8 Å². The van der Waals surface area contributed by atoms with Gasteiger partial charge in [-0.15, -0.1) is 0 Å². The number of nitrogens with zero attached hydrogens (tertiary/aromatic N) is 4. The molecule has 4 heteroatoms. The van der Waals surface area contributed by atoms with Crippen molar-refractivity contribution in [1.29, 1.82) is 5.26 Å². The van der Waals surface area contributed by atoms with Gasteiger partial charge in [0.1, 0.15) is 0 Å². The molecule has 4 nitrogen and oxygen atoms in total. The highest BCUT2D eigenvalue weighted by atomic mass is 15.0. The lowest BCUT2D eigenvalue weighted by Crippen LogP contribution is -1.96. The average molecular weight is 535 g/mol. The summed E-state index contributed by atoms with van der Waals surface area (Å²) in [5.41, 5.74) is 9.75. The van der Waals surface area contributed by atoms with Crippen molar-refractivity contribution in [2.45, 2.75) is 0 Å². The maximum atomic E-state index is 9.42. The molecular weight excluding hydrogens is 512 g/mol. The Hall–Kier alpha value is -6.10. The lowest BCUT2D eigenvalue weighted by molar-refractivity contribution is 1.18. The highest BCUT2D eigenvalue weighted by Gasteiger charge is 2.21. The summed E-state index contributed by atoms with van der Waals surface area (Å²) in [5.74, 6) is 0. The highest BCUT2D eigenvalue weighted by molar-refractivity contribution is 6.20. The molecule has 6 aromatic carbocycles. The van der Waals surface area contributed by atoms with Gasteiger partial charge in [-0.05, 0) is 54.1 Å². The van der Waals surface area contributed by atoms with Gasteiger partial charge in [0.25, 0.3) is 0 Å². The fraction of sp³-hybridized carbons (Fsp3) is 0. The molecule has 2 aromatic heterocycles. The minimum absolute atomic E-state index is 0.619. The van der Waals surface area contributed by atoms with Crippen LogP contribution in [0, 0.1) is 17.9 Å². The SMILES string of the molecule is [C-]#[N+]c1ccccc1-n1c2ccccc2c2c(-c3cccc4c5ccccc5n(-c5ccc(C#N)cc5)c34)cccc21. The first kappa shape index (κ1) is 23.8. The van der Waals surface area contributed by atoms with Crippen LogP contribution in [-0.2, 0) is 0 Å². The lowest BCUT2D eigenvalue weighted by Gasteiger charge is -2.13. The first-order valence-corrected chi connectivity index (χ1v) is 13.8. The second-order valence-electron chi connectivity index (χ2n) is 10.4. The van der Waals surface area contributed by atoms with E-state index in [4.69, 9.17) is 6.57 Å². The molecule has 8 aromatic rings. The number of hydrogen-bond acceptors (Lipinski definition) is 1. The summed E-state index contributed by atoms with van der Waals surface area (Å²) in [4.78, 5) is 3.85. The normalized spacial score (nSPS) is 11.3. The van der Waals surface area contributed by atoms with Gasteiger partial charge in [0.15, 0.2) is 0 Å². The van der Waals surface area contributed by atoms with E-state index in [1.165, 1.54) is 10.8 Å². The van der Waals surface area contributed by atoms with Crippen molar-refractivity contribution in [3.63, 3.8) is 0 Å². The van der Waals surface area contributed by atoms with Gasteiger partial charge in [-0.25, -0.2) is 4.85 Å². The van der Waals surface area contributed by atoms with Gasteiger partial charge >= 0.3 is 0 Å². The zero-order valence-corrected chi connectivity index (χ0v) is 22.5. The smallest absolute Gasteiger partial charge is 0.210 e. The Bertz CT molecular complexity index is 2430. The Morgan fingerprint density at radius 2 is 1.17 bits per heavy atom. The summed E-state index contributed by atoms with van der Waals surface area (Å²) in [7, 11) is 0. The molecule has 0 atom stereocenters. The van der Waals surface area contributed by atoms with E-state index in [1.807, 2.05) is 48.5 Å². The maximum Gasteiger partial charge on any atom is 0.210 e. The van der Waals surface area contributed by atoms with E-state index < -0.39 is 0 Å². The highest BCUT2D eigenvalue weighted by Crippen LogP contribution is 2.44. The zero-order chi connectivity index (χ0) is 28.2.